The molecule has 1 N–H and O–H groups in total. The van der Waals surface area contributed by atoms with Gasteiger partial charge in [-0.25, -0.2) is 0 Å². The Hall–Kier alpha value is -1.96. The van der Waals surface area contributed by atoms with E-state index in [1.165, 1.54) is 0 Å². The van der Waals surface area contributed by atoms with E-state index in [2.05, 4.69) is 6.08 Å². The van der Waals surface area contributed by atoms with E-state index < -0.39 is 0 Å². The zero-order chi connectivity index (χ0) is 10.3. The summed E-state index contributed by atoms with van der Waals surface area (Å²) in [4.78, 5) is 0. The highest BCUT2D eigenvalue weighted by Gasteiger charge is 2.25. The minimum atomic E-state index is 0.125. The Bertz CT molecular complexity index is 495. The van der Waals surface area contributed by atoms with Gasteiger partial charge in [0.25, 0.3) is 0 Å². The van der Waals surface area contributed by atoms with Crippen molar-refractivity contribution in [2.45, 2.75) is 5.92 Å². The van der Waals surface area contributed by atoms with Gasteiger partial charge in [-0.15, -0.1) is 0 Å². The predicted octanol–water partition coefficient (Wildman–Crippen LogP) is 2.88. The van der Waals surface area contributed by atoms with E-state index >= 15 is 0 Å². The van der Waals surface area contributed by atoms with E-state index in [-0.39, 0.29) is 5.92 Å². The fourth-order valence-electron chi connectivity index (χ4n) is 2.01. The third-order valence-electron chi connectivity index (χ3n) is 2.74. The number of rotatable bonds is 0. The molecule has 0 saturated carbocycles. The molecule has 74 valence electrons. The first-order valence-electron chi connectivity index (χ1n) is 4.90. The van der Waals surface area contributed by atoms with Gasteiger partial charge in [-0.2, -0.15) is 0 Å². The Morgan fingerprint density at radius 2 is 2.13 bits per heavy atom. The van der Waals surface area contributed by atoms with Crippen LogP contribution in [0.15, 0.2) is 54.3 Å². The Labute approximate surface area is 87.8 Å². The third kappa shape index (κ3) is 1.18. The van der Waals surface area contributed by atoms with Crippen LogP contribution in [0, 0.1) is 0 Å². The highest BCUT2D eigenvalue weighted by molar-refractivity contribution is 5.57. The lowest BCUT2D eigenvalue weighted by molar-refractivity contribution is 0.426. The maximum absolute atomic E-state index is 9.83. The quantitative estimate of drug-likeness (QED) is 0.694. The molecule has 1 atom stereocenters. The molecule has 2 nitrogen and oxygen atoms in total. The Kier molecular flexibility index (Phi) is 1.68. The van der Waals surface area contributed by atoms with Gasteiger partial charge in [0.2, 0.25) is 0 Å². The largest absolute Gasteiger partial charge is 0.507 e. The van der Waals surface area contributed by atoms with E-state index in [1.54, 1.807) is 18.4 Å². The van der Waals surface area contributed by atoms with Crippen molar-refractivity contribution >= 4 is 0 Å². The van der Waals surface area contributed by atoms with Crippen LogP contribution in [0.2, 0.25) is 0 Å². The average Bonchev–Trinajstić information content (AvgIpc) is 2.29. The van der Waals surface area contributed by atoms with Crippen molar-refractivity contribution in [3.63, 3.8) is 0 Å². The van der Waals surface area contributed by atoms with Crippen LogP contribution in [-0.4, -0.2) is 5.11 Å². The van der Waals surface area contributed by atoms with Crippen LogP contribution in [0.1, 0.15) is 11.5 Å². The zero-order valence-electron chi connectivity index (χ0n) is 8.05. The minimum Gasteiger partial charge on any atom is -0.507 e. The van der Waals surface area contributed by atoms with E-state index in [4.69, 9.17) is 4.74 Å². The predicted molar refractivity (Wildman–Crippen MR) is 57.8 cm³/mol. The summed E-state index contributed by atoms with van der Waals surface area (Å²) in [5.74, 6) is 1.16. The highest BCUT2D eigenvalue weighted by Crippen LogP contribution is 2.43. The van der Waals surface area contributed by atoms with Crippen LogP contribution in [0.25, 0.3) is 0 Å². The summed E-state index contributed by atoms with van der Waals surface area (Å²) in [6.07, 6.45) is 9.76. The molecule has 3 rings (SSSR count). The molecule has 0 aromatic heterocycles. The van der Waals surface area contributed by atoms with Crippen molar-refractivity contribution in [2.75, 3.05) is 0 Å². The van der Waals surface area contributed by atoms with Gasteiger partial charge in [0, 0.05) is 11.5 Å². The lowest BCUT2D eigenvalue weighted by Crippen LogP contribution is -2.09. The first-order valence-corrected chi connectivity index (χ1v) is 4.90. The fourth-order valence-corrected chi connectivity index (χ4v) is 2.01. The third-order valence-corrected chi connectivity index (χ3v) is 2.74. The number of benzene rings is 1. The van der Waals surface area contributed by atoms with Crippen LogP contribution < -0.4 is 4.74 Å². The molecular formula is C13H10O2. The number of fused-ring (bicyclic) bond motifs is 3. The summed E-state index contributed by atoms with van der Waals surface area (Å²) >= 11 is 0. The van der Waals surface area contributed by atoms with Gasteiger partial charge < -0.3 is 9.84 Å². The summed E-state index contributed by atoms with van der Waals surface area (Å²) in [7, 11) is 0. The van der Waals surface area contributed by atoms with Gasteiger partial charge in [0.1, 0.15) is 11.5 Å². The fraction of sp³-hybridized carbons (Fsp3) is 0.0769. The van der Waals surface area contributed by atoms with Gasteiger partial charge in [-0.05, 0) is 17.7 Å². The summed E-state index contributed by atoms with van der Waals surface area (Å²) in [6, 6.07) is 5.35. The maximum Gasteiger partial charge on any atom is 0.134 e. The summed E-state index contributed by atoms with van der Waals surface area (Å²) in [5, 5.41) is 9.83. The Morgan fingerprint density at radius 1 is 1.20 bits per heavy atom. The molecule has 15 heavy (non-hydrogen) atoms. The number of hydrogen-bond donors (Lipinski definition) is 1. The summed E-state index contributed by atoms with van der Waals surface area (Å²) in [6.45, 7) is 0. The van der Waals surface area contributed by atoms with Crippen molar-refractivity contribution in [1.29, 1.82) is 0 Å². The molecule has 0 amide bonds. The normalized spacial score (nSPS) is 21.3. The van der Waals surface area contributed by atoms with Crippen LogP contribution in [0.5, 0.6) is 11.5 Å². The van der Waals surface area contributed by atoms with Gasteiger partial charge in [0.05, 0.1) is 6.26 Å². The van der Waals surface area contributed by atoms with Gasteiger partial charge >= 0.3 is 0 Å². The Morgan fingerprint density at radius 3 is 3.07 bits per heavy atom. The van der Waals surface area contributed by atoms with Crippen molar-refractivity contribution in [1.82, 2.24) is 0 Å². The standard InChI is InChI=1S/C13H10O2/c14-11-6-3-7-12-13(11)10-5-2-1-4-9(10)8-15-12/h1-8,10,14H. The molecule has 1 aromatic rings. The smallest absolute Gasteiger partial charge is 0.134 e. The van der Waals surface area contributed by atoms with E-state index in [0.717, 1.165) is 16.9 Å². The summed E-state index contributed by atoms with van der Waals surface area (Å²) in [5.41, 5.74) is 1.93. The maximum atomic E-state index is 9.83. The second-order valence-electron chi connectivity index (χ2n) is 3.65. The number of phenols is 1. The second kappa shape index (κ2) is 3.02. The van der Waals surface area contributed by atoms with Gasteiger partial charge in [-0.3, -0.25) is 0 Å². The number of allylic oxidation sites excluding steroid dienone is 5. The van der Waals surface area contributed by atoms with E-state index in [9.17, 15) is 5.11 Å². The molecule has 1 aliphatic heterocycles. The molecule has 1 unspecified atom stereocenters. The topological polar surface area (TPSA) is 29.5 Å². The molecule has 1 heterocycles. The molecule has 2 heteroatoms. The summed E-state index contributed by atoms with van der Waals surface area (Å²) < 4.78 is 5.47. The van der Waals surface area contributed by atoms with Crippen LogP contribution >= 0.6 is 0 Å². The number of aromatic hydroxyl groups is 1. The van der Waals surface area contributed by atoms with Crippen molar-refractivity contribution in [3.8, 4) is 11.5 Å². The first kappa shape index (κ1) is 8.36. The van der Waals surface area contributed by atoms with E-state index in [1.807, 2.05) is 24.3 Å². The molecular weight excluding hydrogens is 188 g/mol. The molecule has 1 aromatic carbocycles. The SMILES string of the molecule is Oc1cccc2c1C1C=CC=CC1=CO2. The monoisotopic (exact) mass is 198 g/mol. The first-order chi connectivity index (χ1) is 7.36. The van der Waals surface area contributed by atoms with Gasteiger partial charge in [0.15, 0.2) is 0 Å². The van der Waals surface area contributed by atoms with Crippen LogP contribution in [0.3, 0.4) is 0 Å². The number of hydrogen-bond acceptors (Lipinski definition) is 2. The molecule has 0 radical (unpaired) electrons. The van der Waals surface area contributed by atoms with Gasteiger partial charge in [-0.1, -0.05) is 30.4 Å². The lowest BCUT2D eigenvalue weighted by atomic mass is 9.86. The van der Waals surface area contributed by atoms with Crippen molar-refractivity contribution in [2.24, 2.45) is 0 Å². The van der Waals surface area contributed by atoms with Crippen molar-refractivity contribution < 1.29 is 9.84 Å². The lowest BCUT2D eigenvalue weighted by Gasteiger charge is -2.24. The molecule has 0 bridgehead atoms. The highest BCUT2D eigenvalue weighted by atomic mass is 16.5. The number of ether oxygens (including phenoxy) is 1. The minimum absolute atomic E-state index is 0.125. The van der Waals surface area contributed by atoms with Crippen LogP contribution in [-0.2, 0) is 0 Å². The Balaban J connectivity index is 2.20. The number of phenolic OH excluding ortho intramolecular Hbond substituents is 1. The van der Waals surface area contributed by atoms with E-state index in [0.29, 0.717) is 5.75 Å². The average molecular weight is 198 g/mol. The molecule has 2 aliphatic rings. The molecule has 0 spiro atoms. The van der Waals surface area contributed by atoms with Crippen LogP contribution in [0.4, 0.5) is 0 Å². The second-order valence-corrected chi connectivity index (χ2v) is 3.65. The zero-order valence-corrected chi connectivity index (χ0v) is 8.05. The molecule has 0 saturated heterocycles. The molecule has 0 fully saturated rings. The molecule has 1 aliphatic carbocycles. The van der Waals surface area contributed by atoms with Crippen molar-refractivity contribution in [3.05, 3.63) is 59.9 Å².